The van der Waals surface area contributed by atoms with E-state index in [1.165, 1.54) is 6.07 Å². The molecule has 14 heavy (non-hydrogen) atoms. The Morgan fingerprint density at radius 1 is 1.50 bits per heavy atom. The van der Waals surface area contributed by atoms with Gasteiger partial charge in [-0.1, -0.05) is 6.92 Å². The van der Waals surface area contributed by atoms with Gasteiger partial charge in [0.05, 0.1) is 12.2 Å². The number of sulfone groups is 1. The van der Waals surface area contributed by atoms with Crippen LogP contribution in [-0.2, 0) is 21.1 Å². The summed E-state index contributed by atoms with van der Waals surface area (Å²) in [4.78, 5) is 11.3. The Kier molecular flexibility index (Phi) is 3.28. The number of carbonyl (C=O) groups excluding carboxylic acids is 1. The fourth-order valence-corrected chi connectivity index (χ4v) is 3.42. The van der Waals surface area contributed by atoms with Gasteiger partial charge in [0, 0.05) is 4.88 Å². The average Bonchev–Trinajstić information content (AvgIpc) is 2.52. The SMILES string of the molecule is CCS(=O)(=O)c1ccc(CC(N)=O)s1. The van der Waals surface area contributed by atoms with Crippen LogP contribution in [0.4, 0.5) is 0 Å². The molecule has 2 N–H and O–H groups in total. The molecule has 0 bridgehead atoms. The third-order valence-electron chi connectivity index (χ3n) is 1.67. The third-order valence-corrected chi connectivity index (χ3v) is 5.07. The summed E-state index contributed by atoms with van der Waals surface area (Å²) in [5, 5.41) is 0. The Morgan fingerprint density at radius 2 is 2.14 bits per heavy atom. The molecule has 0 fully saturated rings. The predicted octanol–water partition coefficient (Wildman–Crippen LogP) is 0.570. The molecule has 1 aromatic heterocycles. The molecule has 1 aromatic rings. The maximum atomic E-state index is 11.4. The van der Waals surface area contributed by atoms with E-state index in [9.17, 15) is 13.2 Å². The molecule has 0 aromatic carbocycles. The lowest BCUT2D eigenvalue weighted by Crippen LogP contribution is -2.12. The summed E-state index contributed by atoms with van der Waals surface area (Å²) >= 11 is 1.10. The minimum atomic E-state index is -3.15. The Balaban J connectivity index is 2.94. The largest absolute Gasteiger partial charge is 0.369 e. The van der Waals surface area contributed by atoms with Crippen LogP contribution in [0.1, 0.15) is 11.8 Å². The molecule has 0 aliphatic heterocycles. The first-order valence-corrected chi connectivity index (χ1v) is 6.52. The van der Waals surface area contributed by atoms with Crippen LogP contribution in [-0.4, -0.2) is 20.1 Å². The zero-order valence-corrected chi connectivity index (χ0v) is 9.32. The summed E-state index contributed by atoms with van der Waals surface area (Å²) in [5.74, 6) is -0.379. The predicted molar refractivity (Wildman–Crippen MR) is 54.9 cm³/mol. The fourth-order valence-electron chi connectivity index (χ4n) is 0.934. The van der Waals surface area contributed by atoms with Gasteiger partial charge in [0.15, 0.2) is 9.84 Å². The molecule has 0 aliphatic rings. The molecule has 0 unspecified atom stereocenters. The zero-order chi connectivity index (χ0) is 10.8. The minimum absolute atomic E-state index is 0.0729. The quantitative estimate of drug-likeness (QED) is 0.826. The second-order valence-electron chi connectivity index (χ2n) is 2.77. The van der Waals surface area contributed by atoms with Crippen molar-refractivity contribution in [2.24, 2.45) is 5.73 Å². The molecular formula is C8H11NO3S2. The maximum Gasteiger partial charge on any atom is 0.222 e. The molecule has 4 nitrogen and oxygen atoms in total. The molecule has 0 aliphatic carbocycles. The van der Waals surface area contributed by atoms with Crippen molar-refractivity contribution in [3.63, 3.8) is 0 Å². The summed E-state index contributed by atoms with van der Waals surface area (Å²) < 4.78 is 23.1. The van der Waals surface area contributed by atoms with Gasteiger partial charge in [-0.15, -0.1) is 11.3 Å². The van der Waals surface area contributed by atoms with Gasteiger partial charge in [0.2, 0.25) is 5.91 Å². The van der Waals surface area contributed by atoms with Crippen LogP contribution >= 0.6 is 11.3 Å². The number of rotatable bonds is 4. The van der Waals surface area contributed by atoms with Gasteiger partial charge in [-0.3, -0.25) is 4.79 Å². The van der Waals surface area contributed by atoms with Gasteiger partial charge in [-0.2, -0.15) is 0 Å². The molecule has 0 radical (unpaired) electrons. The first-order valence-electron chi connectivity index (χ1n) is 4.05. The van der Waals surface area contributed by atoms with Crippen molar-refractivity contribution in [1.29, 1.82) is 0 Å². The normalized spacial score (nSPS) is 11.5. The third kappa shape index (κ3) is 2.55. The lowest BCUT2D eigenvalue weighted by Gasteiger charge is -1.94. The zero-order valence-electron chi connectivity index (χ0n) is 7.69. The number of primary amides is 1. The van der Waals surface area contributed by atoms with Crippen LogP contribution in [0.15, 0.2) is 16.3 Å². The fraction of sp³-hybridized carbons (Fsp3) is 0.375. The number of hydrogen-bond donors (Lipinski definition) is 1. The highest BCUT2D eigenvalue weighted by Crippen LogP contribution is 2.22. The average molecular weight is 233 g/mol. The van der Waals surface area contributed by atoms with Gasteiger partial charge >= 0.3 is 0 Å². The molecule has 1 amide bonds. The Bertz CT molecular complexity index is 433. The van der Waals surface area contributed by atoms with Gasteiger partial charge in [0.25, 0.3) is 0 Å². The molecule has 0 spiro atoms. The summed E-state index contributed by atoms with van der Waals surface area (Å²) in [5.41, 5.74) is 4.99. The molecule has 1 rings (SSSR count). The molecule has 6 heteroatoms. The lowest BCUT2D eigenvalue weighted by molar-refractivity contribution is -0.117. The molecular weight excluding hydrogens is 222 g/mol. The van der Waals surface area contributed by atoms with E-state index in [1.54, 1.807) is 13.0 Å². The van der Waals surface area contributed by atoms with Crippen molar-refractivity contribution >= 4 is 27.1 Å². The molecule has 0 saturated heterocycles. The van der Waals surface area contributed by atoms with Crippen molar-refractivity contribution in [1.82, 2.24) is 0 Å². The van der Waals surface area contributed by atoms with Gasteiger partial charge in [0.1, 0.15) is 4.21 Å². The molecule has 0 atom stereocenters. The highest BCUT2D eigenvalue weighted by molar-refractivity contribution is 7.93. The van der Waals surface area contributed by atoms with Crippen LogP contribution in [0.25, 0.3) is 0 Å². The second-order valence-corrected chi connectivity index (χ2v) is 6.44. The van der Waals surface area contributed by atoms with Crippen molar-refractivity contribution in [3.8, 4) is 0 Å². The topological polar surface area (TPSA) is 77.2 Å². The van der Waals surface area contributed by atoms with E-state index in [2.05, 4.69) is 0 Å². The van der Waals surface area contributed by atoms with E-state index in [0.29, 0.717) is 9.09 Å². The van der Waals surface area contributed by atoms with Gasteiger partial charge in [-0.05, 0) is 12.1 Å². The number of nitrogens with two attached hydrogens (primary N) is 1. The minimum Gasteiger partial charge on any atom is -0.369 e. The van der Waals surface area contributed by atoms with Crippen molar-refractivity contribution in [2.45, 2.75) is 17.6 Å². The number of thiophene rings is 1. The van der Waals surface area contributed by atoms with Gasteiger partial charge < -0.3 is 5.73 Å². The first-order chi connectivity index (χ1) is 6.45. The highest BCUT2D eigenvalue weighted by atomic mass is 32.2. The van der Waals surface area contributed by atoms with Crippen molar-refractivity contribution < 1.29 is 13.2 Å². The van der Waals surface area contributed by atoms with E-state index in [1.807, 2.05) is 0 Å². The van der Waals surface area contributed by atoms with Crippen LogP contribution in [0.5, 0.6) is 0 Å². The van der Waals surface area contributed by atoms with E-state index in [0.717, 1.165) is 11.3 Å². The Morgan fingerprint density at radius 3 is 2.64 bits per heavy atom. The first kappa shape index (κ1) is 11.2. The Hall–Kier alpha value is -0.880. The number of amides is 1. The molecule has 78 valence electrons. The molecule has 0 saturated carbocycles. The summed E-state index contributed by atoms with van der Waals surface area (Å²) in [6.45, 7) is 1.59. The highest BCUT2D eigenvalue weighted by Gasteiger charge is 2.14. The summed E-state index contributed by atoms with van der Waals surface area (Å²) in [7, 11) is -3.15. The van der Waals surface area contributed by atoms with Crippen LogP contribution in [0.2, 0.25) is 0 Å². The van der Waals surface area contributed by atoms with Crippen molar-refractivity contribution in [3.05, 3.63) is 17.0 Å². The Labute approximate surface area is 86.7 Å². The van der Waals surface area contributed by atoms with E-state index in [4.69, 9.17) is 5.73 Å². The summed E-state index contributed by atoms with van der Waals surface area (Å²) in [6.07, 6.45) is 0.101. The monoisotopic (exact) mass is 233 g/mol. The van der Waals surface area contributed by atoms with Crippen LogP contribution in [0, 0.1) is 0 Å². The van der Waals surface area contributed by atoms with Crippen LogP contribution in [0.3, 0.4) is 0 Å². The smallest absolute Gasteiger partial charge is 0.222 e. The molecule has 1 heterocycles. The van der Waals surface area contributed by atoms with Crippen LogP contribution < -0.4 is 5.73 Å². The number of carbonyl (C=O) groups is 1. The summed E-state index contributed by atoms with van der Waals surface area (Å²) in [6, 6.07) is 3.14. The number of hydrogen-bond acceptors (Lipinski definition) is 4. The lowest BCUT2D eigenvalue weighted by atomic mass is 10.3. The van der Waals surface area contributed by atoms with Gasteiger partial charge in [-0.25, -0.2) is 8.42 Å². The maximum absolute atomic E-state index is 11.4. The van der Waals surface area contributed by atoms with Crippen molar-refractivity contribution in [2.75, 3.05) is 5.75 Å². The van der Waals surface area contributed by atoms with E-state index >= 15 is 0 Å². The van der Waals surface area contributed by atoms with E-state index < -0.39 is 15.7 Å². The van der Waals surface area contributed by atoms with E-state index in [-0.39, 0.29) is 12.2 Å². The standard InChI is InChI=1S/C8H11NO3S2/c1-2-14(11,12)8-4-3-6(13-8)5-7(9)10/h3-4H,2,5H2,1H3,(H2,9,10). The second kappa shape index (κ2) is 4.10.